The van der Waals surface area contributed by atoms with Gasteiger partial charge in [0.25, 0.3) is 0 Å². The largest absolute Gasteiger partial charge is 0.465 e. The van der Waals surface area contributed by atoms with E-state index >= 15 is 0 Å². The maximum atomic E-state index is 11.7. The van der Waals surface area contributed by atoms with Gasteiger partial charge in [-0.05, 0) is 26.3 Å². The van der Waals surface area contributed by atoms with Gasteiger partial charge in [-0.3, -0.25) is 9.69 Å². The number of ether oxygens (including phenoxy) is 1. The zero-order chi connectivity index (χ0) is 12.5. The molecule has 1 N–H and O–H groups in total. The van der Waals surface area contributed by atoms with Crippen molar-refractivity contribution in [2.45, 2.75) is 32.2 Å². The maximum Gasteiger partial charge on any atom is 0.324 e. The van der Waals surface area contributed by atoms with Gasteiger partial charge in [-0.2, -0.15) is 5.26 Å². The molecule has 96 valence electrons. The fourth-order valence-electron chi connectivity index (χ4n) is 2.00. The number of hydrogen-bond acceptors (Lipinski definition) is 5. The van der Waals surface area contributed by atoms with Gasteiger partial charge in [0.15, 0.2) is 0 Å². The molecule has 1 unspecified atom stereocenters. The number of carbonyl (C=O) groups is 1. The normalized spacial score (nSPS) is 20.8. The van der Waals surface area contributed by atoms with E-state index in [1.807, 2.05) is 6.92 Å². The summed E-state index contributed by atoms with van der Waals surface area (Å²) in [5.41, 5.74) is 0. The molecule has 1 aliphatic heterocycles. The van der Waals surface area contributed by atoms with E-state index in [1.54, 1.807) is 0 Å². The van der Waals surface area contributed by atoms with Crippen LogP contribution in [-0.2, 0) is 9.53 Å². The van der Waals surface area contributed by atoms with Crippen LogP contribution in [0.5, 0.6) is 0 Å². The number of nitrogens with zero attached hydrogens (tertiary/aromatic N) is 2. The van der Waals surface area contributed by atoms with E-state index in [0.717, 1.165) is 32.5 Å². The van der Waals surface area contributed by atoms with Gasteiger partial charge in [-0.25, -0.2) is 0 Å². The lowest BCUT2D eigenvalue weighted by Gasteiger charge is -2.34. The maximum absolute atomic E-state index is 11.7. The van der Waals surface area contributed by atoms with Crippen molar-refractivity contribution in [3.05, 3.63) is 0 Å². The quantitative estimate of drug-likeness (QED) is 0.540. The smallest absolute Gasteiger partial charge is 0.324 e. The summed E-state index contributed by atoms with van der Waals surface area (Å²) in [5.74, 6) is -0.139. The Labute approximate surface area is 103 Å². The van der Waals surface area contributed by atoms with Crippen molar-refractivity contribution < 1.29 is 9.53 Å². The number of carbonyl (C=O) groups excluding carboxylic acids is 1. The van der Waals surface area contributed by atoms with Gasteiger partial charge < -0.3 is 10.1 Å². The fourth-order valence-corrected chi connectivity index (χ4v) is 2.00. The minimum Gasteiger partial charge on any atom is -0.465 e. The molecule has 1 aliphatic rings. The molecule has 0 saturated carbocycles. The third kappa shape index (κ3) is 4.72. The SMILES string of the molecule is CCOC(=O)C1CNCCN1CCCCC#N. The van der Waals surface area contributed by atoms with Crippen molar-refractivity contribution in [2.24, 2.45) is 0 Å². The molecule has 1 heterocycles. The predicted molar refractivity (Wildman–Crippen MR) is 64.3 cm³/mol. The zero-order valence-electron chi connectivity index (χ0n) is 10.4. The number of esters is 1. The highest BCUT2D eigenvalue weighted by Gasteiger charge is 2.28. The van der Waals surface area contributed by atoms with Crippen LogP contribution in [0, 0.1) is 11.3 Å². The summed E-state index contributed by atoms with van der Waals surface area (Å²) in [6.45, 7) is 5.57. The first kappa shape index (κ1) is 13.9. The van der Waals surface area contributed by atoms with Crippen molar-refractivity contribution in [3.8, 4) is 6.07 Å². The van der Waals surface area contributed by atoms with Gasteiger partial charge >= 0.3 is 5.97 Å². The average molecular weight is 239 g/mol. The number of unbranched alkanes of at least 4 members (excludes halogenated alkanes) is 2. The monoisotopic (exact) mass is 239 g/mol. The van der Waals surface area contributed by atoms with Crippen molar-refractivity contribution >= 4 is 5.97 Å². The first-order valence-corrected chi connectivity index (χ1v) is 6.28. The molecule has 0 amide bonds. The van der Waals surface area contributed by atoms with Crippen LogP contribution in [-0.4, -0.2) is 49.7 Å². The minimum atomic E-state index is -0.161. The van der Waals surface area contributed by atoms with Crippen molar-refractivity contribution in [1.29, 1.82) is 5.26 Å². The van der Waals surface area contributed by atoms with E-state index < -0.39 is 0 Å². The van der Waals surface area contributed by atoms with Gasteiger partial charge in [0.05, 0.1) is 12.7 Å². The van der Waals surface area contributed by atoms with Gasteiger partial charge in [0, 0.05) is 26.1 Å². The van der Waals surface area contributed by atoms with E-state index in [1.165, 1.54) is 0 Å². The summed E-state index contributed by atoms with van der Waals surface area (Å²) in [5, 5.41) is 11.7. The Morgan fingerprint density at radius 3 is 3.12 bits per heavy atom. The number of hydrogen-bond donors (Lipinski definition) is 1. The molecule has 0 radical (unpaired) electrons. The Balaban J connectivity index is 2.37. The first-order valence-electron chi connectivity index (χ1n) is 6.28. The Morgan fingerprint density at radius 1 is 1.59 bits per heavy atom. The van der Waals surface area contributed by atoms with Crippen LogP contribution in [0.4, 0.5) is 0 Å². The Bertz CT molecular complexity index is 275. The number of piperazine rings is 1. The molecule has 0 spiro atoms. The highest BCUT2D eigenvalue weighted by atomic mass is 16.5. The second-order valence-electron chi connectivity index (χ2n) is 4.12. The summed E-state index contributed by atoms with van der Waals surface area (Å²) >= 11 is 0. The molecule has 0 aromatic rings. The van der Waals surface area contributed by atoms with Crippen molar-refractivity contribution in [2.75, 3.05) is 32.8 Å². The van der Waals surface area contributed by atoms with Crippen LogP contribution >= 0.6 is 0 Å². The van der Waals surface area contributed by atoms with Crippen molar-refractivity contribution in [1.82, 2.24) is 10.2 Å². The standard InChI is InChI=1S/C12H21N3O2/c1-2-17-12(16)11-10-14-7-9-15(11)8-5-3-4-6-13/h11,14H,2-5,7-10H2,1H3. The van der Waals surface area contributed by atoms with Crippen molar-refractivity contribution in [3.63, 3.8) is 0 Å². The van der Waals surface area contributed by atoms with E-state index in [-0.39, 0.29) is 12.0 Å². The number of rotatable bonds is 6. The van der Waals surface area contributed by atoms with E-state index in [0.29, 0.717) is 19.6 Å². The lowest BCUT2D eigenvalue weighted by atomic mass is 10.1. The summed E-state index contributed by atoms with van der Waals surface area (Å²) in [7, 11) is 0. The summed E-state index contributed by atoms with van der Waals surface area (Å²) in [4.78, 5) is 13.9. The molecular weight excluding hydrogens is 218 g/mol. The number of nitrogens with one attached hydrogen (secondary N) is 1. The van der Waals surface area contributed by atoms with Crippen LogP contribution in [0.3, 0.4) is 0 Å². The average Bonchev–Trinajstić information content (AvgIpc) is 2.35. The van der Waals surface area contributed by atoms with Crippen LogP contribution in [0.2, 0.25) is 0 Å². The molecular formula is C12H21N3O2. The molecule has 1 atom stereocenters. The lowest BCUT2D eigenvalue weighted by molar-refractivity contribution is -0.150. The Hall–Kier alpha value is -1.12. The summed E-state index contributed by atoms with van der Waals surface area (Å²) in [6, 6.07) is 1.98. The molecule has 0 bridgehead atoms. The van der Waals surface area contributed by atoms with Crippen LogP contribution < -0.4 is 5.32 Å². The highest BCUT2D eigenvalue weighted by molar-refractivity contribution is 5.76. The van der Waals surface area contributed by atoms with Gasteiger partial charge in [0.1, 0.15) is 6.04 Å². The third-order valence-electron chi connectivity index (χ3n) is 2.90. The number of nitriles is 1. The van der Waals surface area contributed by atoms with Crippen LogP contribution in [0.15, 0.2) is 0 Å². The first-order chi connectivity index (χ1) is 8.29. The molecule has 0 aromatic heterocycles. The molecule has 1 rings (SSSR count). The molecule has 5 nitrogen and oxygen atoms in total. The Morgan fingerprint density at radius 2 is 2.41 bits per heavy atom. The molecule has 1 saturated heterocycles. The third-order valence-corrected chi connectivity index (χ3v) is 2.90. The predicted octanol–water partition coefficient (Wildman–Crippen LogP) is 0.517. The van der Waals surface area contributed by atoms with Crippen LogP contribution in [0.1, 0.15) is 26.2 Å². The molecule has 17 heavy (non-hydrogen) atoms. The molecule has 0 aromatic carbocycles. The van der Waals surface area contributed by atoms with Gasteiger partial charge in [-0.1, -0.05) is 0 Å². The second-order valence-corrected chi connectivity index (χ2v) is 4.12. The van der Waals surface area contributed by atoms with Gasteiger partial charge in [0.2, 0.25) is 0 Å². The topological polar surface area (TPSA) is 65.4 Å². The van der Waals surface area contributed by atoms with E-state index in [9.17, 15) is 4.79 Å². The molecule has 5 heteroatoms. The summed E-state index contributed by atoms with van der Waals surface area (Å²) in [6.07, 6.45) is 2.45. The summed E-state index contributed by atoms with van der Waals surface area (Å²) < 4.78 is 5.07. The van der Waals surface area contributed by atoms with Crippen LogP contribution in [0.25, 0.3) is 0 Å². The highest BCUT2D eigenvalue weighted by Crippen LogP contribution is 2.08. The lowest BCUT2D eigenvalue weighted by Crippen LogP contribution is -2.55. The zero-order valence-corrected chi connectivity index (χ0v) is 10.4. The Kier molecular flexibility index (Phi) is 6.60. The molecule has 0 aliphatic carbocycles. The van der Waals surface area contributed by atoms with Gasteiger partial charge in [-0.15, -0.1) is 0 Å². The van der Waals surface area contributed by atoms with E-state index in [2.05, 4.69) is 16.3 Å². The molecule has 1 fully saturated rings. The fraction of sp³-hybridized carbons (Fsp3) is 0.833. The minimum absolute atomic E-state index is 0.139. The second kappa shape index (κ2) is 8.04. The van der Waals surface area contributed by atoms with E-state index in [4.69, 9.17) is 10.00 Å².